The van der Waals surface area contributed by atoms with E-state index >= 15 is 0 Å². The lowest BCUT2D eigenvalue weighted by Gasteiger charge is -2.30. The van der Waals surface area contributed by atoms with Gasteiger partial charge in [-0.15, -0.1) is 0 Å². The molecular formula is C62H52N4O2. The maximum absolute atomic E-state index is 9.29. The van der Waals surface area contributed by atoms with Gasteiger partial charge in [-0.05, 0) is 112 Å². The second kappa shape index (κ2) is 15.8. The summed E-state index contributed by atoms with van der Waals surface area (Å²) in [5.41, 5.74) is 7.19. The zero-order chi connectivity index (χ0) is 55.0. The van der Waals surface area contributed by atoms with Crippen LogP contribution in [0, 0.1) is 0 Å². The largest absolute Gasteiger partial charge is 0.457 e. The molecule has 1 aliphatic rings. The van der Waals surface area contributed by atoms with Crippen LogP contribution in [0.2, 0.25) is 0 Å². The van der Waals surface area contributed by atoms with Crippen molar-refractivity contribution in [2.24, 2.45) is 0 Å². The minimum absolute atomic E-state index is 0.0854. The van der Waals surface area contributed by atoms with Crippen molar-refractivity contribution >= 4 is 66.5 Å². The Balaban J connectivity index is 1.01. The molecule has 0 fully saturated rings. The van der Waals surface area contributed by atoms with Crippen molar-refractivity contribution in [1.29, 1.82) is 0 Å². The van der Waals surface area contributed by atoms with Gasteiger partial charge in [0.2, 0.25) is 0 Å². The van der Waals surface area contributed by atoms with E-state index in [9.17, 15) is 5.48 Å². The Morgan fingerprint density at radius 1 is 0.559 bits per heavy atom. The lowest BCUT2D eigenvalue weighted by atomic mass is 9.82. The third-order valence-corrected chi connectivity index (χ3v) is 13.0. The number of furan rings is 1. The molecule has 1 aliphatic heterocycles. The molecule has 0 amide bonds. The predicted octanol–water partition coefficient (Wildman–Crippen LogP) is 17.0. The molecule has 3 aromatic heterocycles. The van der Waals surface area contributed by atoms with Crippen LogP contribution in [0.5, 0.6) is 11.5 Å². The molecule has 0 spiro atoms. The van der Waals surface area contributed by atoms with Crippen LogP contribution in [-0.4, -0.2) is 16.2 Å². The van der Waals surface area contributed by atoms with Crippen LogP contribution < -0.4 is 14.5 Å². The van der Waals surface area contributed by atoms with E-state index in [0.717, 1.165) is 66.5 Å². The zero-order valence-electron chi connectivity index (χ0n) is 48.5. The van der Waals surface area contributed by atoms with E-state index in [-0.39, 0.29) is 34.3 Å². The molecule has 0 saturated heterocycles. The Morgan fingerprint density at radius 3 is 1.91 bits per heavy atom. The van der Waals surface area contributed by atoms with Gasteiger partial charge in [0, 0.05) is 51.3 Å². The first-order chi connectivity index (χ1) is 37.1. The maximum Gasteiger partial charge on any atom is 0.145 e. The number of anilines is 4. The van der Waals surface area contributed by atoms with Gasteiger partial charge in [0.25, 0.3) is 0 Å². The van der Waals surface area contributed by atoms with Crippen LogP contribution in [0.25, 0.3) is 71.8 Å². The van der Waals surface area contributed by atoms with Crippen molar-refractivity contribution in [1.82, 2.24) is 9.55 Å². The lowest BCUT2D eigenvalue weighted by molar-refractivity contribution is 0.483. The highest BCUT2D eigenvalue weighted by Gasteiger charge is 2.33. The summed E-state index contributed by atoms with van der Waals surface area (Å²) in [5, 5.41) is 3.98. The summed E-state index contributed by atoms with van der Waals surface area (Å²) in [4.78, 5) is 8.92. The molecule has 6 heteroatoms. The maximum atomic E-state index is 9.29. The number of hydrogen-bond acceptors (Lipinski definition) is 5. The molecule has 0 atom stereocenters. The Morgan fingerprint density at radius 2 is 1.21 bits per heavy atom. The number of rotatable bonds is 7. The smallest absolute Gasteiger partial charge is 0.145 e. The molecule has 11 aromatic rings. The molecule has 0 unspecified atom stereocenters. The van der Waals surface area contributed by atoms with E-state index in [1.54, 1.807) is 12.1 Å². The topological polar surface area (TPSA) is 46.7 Å². The highest BCUT2D eigenvalue weighted by Crippen LogP contribution is 2.52. The normalized spacial score (nSPS) is 15.1. The zero-order valence-corrected chi connectivity index (χ0v) is 38.5. The second-order valence-corrected chi connectivity index (χ2v) is 19.4. The molecule has 332 valence electrons. The molecule has 8 aromatic carbocycles. The summed E-state index contributed by atoms with van der Waals surface area (Å²) >= 11 is 0. The molecular weight excluding hydrogens is 833 g/mol. The minimum atomic E-state index is -0.617. The standard InChI is InChI=1S/C62H52N4O2/c1-61(2,3)42-32-33-63-57(36-42)66-54-31-30-48-47-24-13-16-27-56(47)68-60(48)58(54)49-29-28-46(38-55(49)66)67-45-23-17-22-44(37-45)64-39-65(53-26-15-14-25-52(53)64)59-50(40-18-9-7-10-19-40)34-43(62(4,5)6)35-51(59)41-20-11-8-12-21-41/h7-38H,39H2,1-6H3/i7D,8D,9D,10D,11D,12D,18D,19D,20D,21D. The van der Waals surface area contributed by atoms with Crippen LogP contribution in [0.15, 0.2) is 198 Å². The summed E-state index contributed by atoms with van der Waals surface area (Å²) in [7, 11) is 0. The first-order valence-electron chi connectivity index (χ1n) is 27.7. The number of fused-ring (bicyclic) bond motifs is 8. The molecule has 0 saturated carbocycles. The lowest BCUT2D eigenvalue weighted by Crippen LogP contribution is -2.25. The van der Waals surface area contributed by atoms with Gasteiger partial charge in [0.15, 0.2) is 0 Å². The van der Waals surface area contributed by atoms with Crippen molar-refractivity contribution in [3.8, 4) is 39.6 Å². The Labute approximate surface area is 411 Å². The van der Waals surface area contributed by atoms with Crippen LogP contribution >= 0.6 is 0 Å². The van der Waals surface area contributed by atoms with E-state index < -0.39 is 65.8 Å². The van der Waals surface area contributed by atoms with Gasteiger partial charge in [-0.1, -0.05) is 138 Å². The first-order valence-corrected chi connectivity index (χ1v) is 22.7. The summed E-state index contributed by atoms with van der Waals surface area (Å²) < 4.78 is 105. The fraction of sp³-hybridized carbons (Fsp3) is 0.145. The van der Waals surface area contributed by atoms with Gasteiger partial charge in [-0.2, -0.15) is 0 Å². The number of nitrogens with zero attached hydrogens (tertiary/aromatic N) is 4. The van der Waals surface area contributed by atoms with E-state index in [2.05, 4.69) is 66.6 Å². The SMILES string of the molecule is [2H]c1c([2H])c([2H])c(-c2cc(C(C)(C)C)cc(-c3c([2H])c([2H])c([2H])c([2H])c3[2H])c2N2CN(c3cccc(Oc4ccc5c6c7oc8ccccc8c7ccc6n(-c6cc(C(C)(C)C)ccn6)c5c4)c3)c3ccccc32)c([2H])c1[2H]. The molecule has 68 heavy (non-hydrogen) atoms. The molecule has 0 aliphatic carbocycles. The minimum Gasteiger partial charge on any atom is -0.457 e. The first kappa shape index (κ1) is 31.8. The van der Waals surface area contributed by atoms with E-state index in [1.165, 1.54) is 0 Å². The number of para-hydroxylation sites is 3. The van der Waals surface area contributed by atoms with Crippen LogP contribution in [0.3, 0.4) is 0 Å². The van der Waals surface area contributed by atoms with Gasteiger partial charge in [0.05, 0.1) is 47.2 Å². The molecule has 6 nitrogen and oxygen atoms in total. The predicted molar refractivity (Wildman–Crippen MR) is 283 cm³/mol. The summed E-state index contributed by atoms with van der Waals surface area (Å²) in [6, 6.07) is 36.5. The molecule has 0 bridgehead atoms. The van der Waals surface area contributed by atoms with Crippen molar-refractivity contribution in [2.75, 3.05) is 16.5 Å². The summed E-state index contributed by atoms with van der Waals surface area (Å²) in [6.45, 7) is 12.5. The van der Waals surface area contributed by atoms with Crippen molar-refractivity contribution in [3.05, 3.63) is 205 Å². The number of hydrogen-bond donors (Lipinski definition) is 0. The van der Waals surface area contributed by atoms with E-state index in [4.69, 9.17) is 22.4 Å². The van der Waals surface area contributed by atoms with Crippen molar-refractivity contribution in [2.45, 2.75) is 52.4 Å². The molecule has 0 radical (unpaired) electrons. The van der Waals surface area contributed by atoms with Gasteiger partial charge >= 0.3 is 0 Å². The molecule has 4 heterocycles. The van der Waals surface area contributed by atoms with E-state index in [0.29, 0.717) is 28.4 Å². The number of benzene rings is 8. The van der Waals surface area contributed by atoms with Crippen LogP contribution in [0.4, 0.5) is 22.7 Å². The fourth-order valence-corrected chi connectivity index (χ4v) is 9.57. The summed E-state index contributed by atoms with van der Waals surface area (Å²) in [6.07, 6.45) is 1.85. The highest BCUT2D eigenvalue weighted by atomic mass is 16.5. The van der Waals surface area contributed by atoms with Crippen molar-refractivity contribution < 1.29 is 22.9 Å². The monoisotopic (exact) mass is 894 g/mol. The second-order valence-electron chi connectivity index (χ2n) is 19.4. The molecule has 12 rings (SSSR count). The van der Waals surface area contributed by atoms with Crippen LogP contribution in [0.1, 0.15) is 66.4 Å². The van der Waals surface area contributed by atoms with Gasteiger partial charge < -0.3 is 19.0 Å². The van der Waals surface area contributed by atoms with Gasteiger partial charge in [-0.25, -0.2) is 4.98 Å². The third-order valence-electron chi connectivity index (χ3n) is 13.0. The van der Waals surface area contributed by atoms with E-state index in [1.807, 2.05) is 111 Å². The quantitative estimate of drug-likeness (QED) is 0.159. The summed E-state index contributed by atoms with van der Waals surface area (Å²) in [5.74, 6) is 1.87. The van der Waals surface area contributed by atoms with Gasteiger partial charge in [-0.3, -0.25) is 4.57 Å². The van der Waals surface area contributed by atoms with Crippen LogP contribution in [-0.2, 0) is 10.8 Å². The third kappa shape index (κ3) is 6.98. The average molecular weight is 895 g/mol. The Bertz CT molecular complexity index is 4200. The number of pyridine rings is 1. The Hall–Kier alpha value is -8.09. The highest BCUT2D eigenvalue weighted by molar-refractivity contribution is 6.24. The van der Waals surface area contributed by atoms with Crippen molar-refractivity contribution in [3.63, 3.8) is 0 Å². The fourth-order valence-electron chi connectivity index (χ4n) is 9.57. The number of ether oxygens (including phenoxy) is 1. The molecule has 0 N–H and O–H groups in total. The van der Waals surface area contributed by atoms with Gasteiger partial charge in [0.1, 0.15) is 35.2 Å². The number of aromatic nitrogens is 2. The Kier molecular flexibility index (Phi) is 7.37. The average Bonchev–Trinajstić information content (AvgIpc) is 4.28.